The largest absolute Gasteiger partial charge is 0.378 e. The van der Waals surface area contributed by atoms with Crippen LogP contribution >= 0.6 is 11.6 Å². The topological polar surface area (TPSA) is 72.2 Å². The zero-order valence-corrected chi connectivity index (χ0v) is 9.03. The van der Waals surface area contributed by atoms with Crippen molar-refractivity contribution in [2.45, 2.75) is 0 Å². The number of hydrogen-bond donors (Lipinski definition) is 1. The van der Waals surface area contributed by atoms with Crippen LogP contribution in [0.4, 0.5) is 11.4 Å². The van der Waals surface area contributed by atoms with Crippen LogP contribution < -0.4 is 5.32 Å². The quantitative estimate of drug-likeness (QED) is 0.488. The van der Waals surface area contributed by atoms with E-state index in [4.69, 9.17) is 11.6 Å². The van der Waals surface area contributed by atoms with Gasteiger partial charge in [0.1, 0.15) is 5.69 Å². The summed E-state index contributed by atoms with van der Waals surface area (Å²) in [5.41, 5.74) is 0.587. The Labute approximate surface area is 96.6 Å². The number of nitro benzene ring substituents is 1. The molecule has 5 nitrogen and oxygen atoms in total. The first-order valence-electron chi connectivity index (χ1n) is 4.76. The second kappa shape index (κ2) is 4.09. The molecule has 0 aromatic heterocycles. The lowest BCUT2D eigenvalue weighted by Crippen LogP contribution is -2.31. The van der Waals surface area contributed by atoms with Crippen LogP contribution in [0, 0.1) is 16.0 Å². The minimum absolute atomic E-state index is 0.0705. The van der Waals surface area contributed by atoms with Gasteiger partial charge in [0.05, 0.1) is 10.8 Å². The highest BCUT2D eigenvalue weighted by Crippen LogP contribution is 2.33. The number of nitrogens with zero attached hydrogens (tertiary/aromatic N) is 1. The molecule has 0 spiro atoms. The van der Waals surface area contributed by atoms with Crippen molar-refractivity contribution in [3.8, 4) is 0 Å². The number of fused-ring (bicyclic) bond motifs is 1. The third-order valence-electron chi connectivity index (χ3n) is 2.59. The molecule has 84 valence electrons. The molecule has 1 atom stereocenters. The van der Waals surface area contributed by atoms with E-state index in [2.05, 4.69) is 5.32 Å². The normalized spacial score (nSPS) is 18.8. The summed E-state index contributed by atoms with van der Waals surface area (Å²) in [6.45, 7) is 0.347. The first-order chi connectivity index (χ1) is 7.65. The molecule has 0 bridgehead atoms. The maximum absolute atomic E-state index is 11.9. The molecule has 1 heterocycles. The third kappa shape index (κ3) is 1.63. The van der Waals surface area contributed by atoms with Gasteiger partial charge < -0.3 is 5.32 Å². The molecular weight excluding hydrogens is 232 g/mol. The summed E-state index contributed by atoms with van der Waals surface area (Å²) >= 11 is 5.65. The molecule has 1 N–H and O–H groups in total. The Morgan fingerprint density at radius 3 is 2.94 bits per heavy atom. The van der Waals surface area contributed by atoms with Gasteiger partial charge in [-0.05, 0) is 6.07 Å². The first kappa shape index (κ1) is 10.9. The van der Waals surface area contributed by atoms with Crippen molar-refractivity contribution in [1.82, 2.24) is 0 Å². The number of Topliss-reactive ketones (excluding diaryl/α,β-unsaturated/α-hetero) is 1. The molecular formula is C10H9ClN2O3. The van der Waals surface area contributed by atoms with Crippen LogP contribution in [0.5, 0.6) is 0 Å². The van der Waals surface area contributed by atoms with E-state index in [-0.39, 0.29) is 23.3 Å². The second-order valence-electron chi connectivity index (χ2n) is 3.55. The number of anilines is 1. The van der Waals surface area contributed by atoms with E-state index in [0.717, 1.165) is 0 Å². The molecule has 6 heteroatoms. The van der Waals surface area contributed by atoms with E-state index in [0.29, 0.717) is 17.8 Å². The highest BCUT2D eigenvalue weighted by molar-refractivity contribution is 6.21. The Bertz CT molecular complexity index is 461. The number of carbonyl (C=O) groups excluding carboxylic acids is 1. The second-order valence-corrected chi connectivity index (χ2v) is 3.86. The maximum Gasteiger partial charge on any atom is 0.293 e. The Balaban J connectivity index is 2.51. The summed E-state index contributed by atoms with van der Waals surface area (Å²) in [7, 11) is 0. The summed E-state index contributed by atoms with van der Waals surface area (Å²) in [6, 6.07) is 4.46. The maximum atomic E-state index is 11.9. The van der Waals surface area contributed by atoms with Crippen LogP contribution in [-0.4, -0.2) is 23.1 Å². The van der Waals surface area contributed by atoms with Gasteiger partial charge in [0.2, 0.25) is 0 Å². The van der Waals surface area contributed by atoms with Crippen LogP contribution in [0.3, 0.4) is 0 Å². The van der Waals surface area contributed by atoms with Crippen molar-refractivity contribution in [3.05, 3.63) is 33.9 Å². The van der Waals surface area contributed by atoms with E-state index >= 15 is 0 Å². The number of carbonyl (C=O) groups is 1. The summed E-state index contributed by atoms with van der Waals surface area (Å²) in [4.78, 5) is 22.1. The Kier molecular flexibility index (Phi) is 2.78. The monoisotopic (exact) mass is 240 g/mol. The van der Waals surface area contributed by atoms with Crippen molar-refractivity contribution in [2.75, 3.05) is 17.7 Å². The van der Waals surface area contributed by atoms with Crippen molar-refractivity contribution in [2.24, 2.45) is 5.92 Å². The van der Waals surface area contributed by atoms with Gasteiger partial charge in [0.15, 0.2) is 5.78 Å². The molecule has 0 amide bonds. The molecule has 2 rings (SSSR count). The van der Waals surface area contributed by atoms with Gasteiger partial charge in [-0.3, -0.25) is 14.9 Å². The zero-order chi connectivity index (χ0) is 11.7. The Hall–Kier alpha value is -1.62. The first-order valence-corrected chi connectivity index (χ1v) is 5.30. The zero-order valence-electron chi connectivity index (χ0n) is 8.27. The highest BCUT2D eigenvalue weighted by atomic mass is 35.5. The van der Waals surface area contributed by atoms with Gasteiger partial charge in [-0.25, -0.2) is 0 Å². The predicted octanol–water partition coefficient (Wildman–Crippen LogP) is 2.06. The molecule has 1 unspecified atom stereocenters. The standard InChI is InChI=1S/C10H9ClN2O3/c11-4-6-5-12-9-7(10(6)14)2-1-3-8(9)13(15)16/h1-3,6,12H,4-5H2. The highest BCUT2D eigenvalue weighted by Gasteiger charge is 2.30. The average molecular weight is 241 g/mol. The number of alkyl halides is 1. The van der Waals surface area contributed by atoms with Gasteiger partial charge in [0, 0.05) is 24.1 Å². The summed E-state index contributed by atoms with van der Waals surface area (Å²) < 4.78 is 0. The van der Waals surface area contributed by atoms with Gasteiger partial charge in [-0.1, -0.05) is 6.07 Å². The fourth-order valence-corrected chi connectivity index (χ4v) is 2.00. The van der Waals surface area contributed by atoms with Crippen LogP contribution in [0.15, 0.2) is 18.2 Å². The van der Waals surface area contributed by atoms with Crippen LogP contribution in [0.25, 0.3) is 0 Å². The van der Waals surface area contributed by atoms with E-state index in [1.54, 1.807) is 6.07 Å². The number of benzene rings is 1. The molecule has 16 heavy (non-hydrogen) atoms. The fraction of sp³-hybridized carbons (Fsp3) is 0.300. The van der Waals surface area contributed by atoms with Gasteiger partial charge in [-0.15, -0.1) is 11.6 Å². The molecule has 1 aliphatic rings. The minimum atomic E-state index is -0.500. The number of halogens is 1. The molecule has 0 radical (unpaired) electrons. The predicted molar refractivity (Wildman–Crippen MR) is 60.1 cm³/mol. The summed E-state index contributed by atoms with van der Waals surface area (Å²) in [5, 5.41) is 13.7. The van der Waals surface area contributed by atoms with Gasteiger partial charge in [-0.2, -0.15) is 0 Å². The number of hydrogen-bond acceptors (Lipinski definition) is 4. The van der Waals surface area contributed by atoms with Crippen LogP contribution in [0.1, 0.15) is 10.4 Å². The van der Waals surface area contributed by atoms with E-state index in [9.17, 15) is 14.9 Å². The summed E-state index contributed by atoms with van der Waals surface area (Å²) in [6.07, 6.45) is 0. The minimum Gasteiger partial charge on any atom is -0.378 e. The Morgan fingerprint density at radius 1 is 1.56 bits per heavy atom. The van der Waals surface area contributed by atoms with Crippen LogP contribution in [0.2, 0.25) is 0 Å². The number of nitrogens with one attached hydrogen (secondary N) is 1. The lowest BCUT2D eigenvalue weighted by molar-refractivity contribution is -0.384. The number of rotatable bonds is 2. The van der Waals surface area contributed by atoms with Crippen molar-refractivity contribution in [3.63, 3.8) is 0 Å². The Morgan fingerprint density at radius 2 is 2.31 bits per heavy atom. The van der Waals surface area contributed by atoms with Crippen molar-refractivity contribution in [1.29, 1.82) is 0 Å². The molecule has 0 saturated heterocycles. The van der Waals surface area contributed by atoms with Crippen molar-refractivity contribution >= 4 is 28.8 Å². The van der Waals surface area contributed by atoms with E-state index < -0.39 is 4.92 Å². The van der Waals surface area contributed by atoms with E-state index in [1.165, 1.54) is 12.1 Å². The molecule has 1 aromatic rings. The SMILES string of the molecule is O=C1c2cccc([N+](=O)[O-])c2NCC1CCl. The average Bonchev–Trinajstić information content (AvgIpc) is 2.29. The number of nitro groups is 1. The molecule has 1 aromatic carbocycles. The third-order valence-corrected chi connectivity index (χ3v) is 2.96. The molecule has 0 saturated carbocycles. The number of para-hydroxylation sites is 1. The van der Waals surface area contributed by atoms with E-state index in [1.807, 2.05) is 0 Å². The number of ketones is 1. The van der Waals surface area contributed by atoms with Gasteiger partial charge in [0.25, 0.3) is 5.69 Å². The summed E-state index contributed by atoms with van der Waals surface area (Å²) in [5.74, 6) is -0.225. The lowest BCUT2D eigenvalue weighted by Gasteiger charge is -2.22. The van der Waals surface area contributed by atoms with Crippen molar-refractivity contribution < 1.29 is 9.72 Å². The fourth-order valence-electron chi connectivity index (χ4n) is 1.75. The molecule has 0 aliphatic carbocycles. The smallest absolute Gasteiger partial charge is 0.293 e. The van der Waals surface area contributed by atoms with Crippen LogP contribution in [-0.2, 0) is 0 Å². The lowest BCUT2D eigenvalue weighted by atomic mass is 9.93. The van der Waals surface area contributed by atoms with Gasteiger partial charge >= 0.3 is 0 Å². The molecule has 0 fully saturated rings. The molecule has 1 aliphatic heterocycles.